The zero-order valence-corrected chi connectivity index (χ0v) is 17.0. The standard InChI is InChI=1S/C22H22F3N5O/c1-11-28-19-15-5-6-31-20(15)17(30-9-13(26)10-30)7-16(19)22(29-11)27-8-12-3-2-4-14(18(12)23)21(24)25/h2-4,7,13,21H,5-6,8-10,26H2,1H3,(H,27,28,29). The fourth-order valence-corrected chi connectivity index (χ4v) is 4.22. The molecule has 5 rings (SSSR count). The number of rotatable bonds is 5. The number of benzene rings is 2. The van der Waals surface area contributed by atoms with E-state index in [0.717, 1.165) is 53.5 Å². The number of halogens is 3. The van der Waals surface area contributed by atoms with Crippen molar-refractivity contribution in [1.82, 2.24) is 9.97 Å². The van der Waals surface area contributed by atoms with Gasteiger partial charge in [0.15, 0.2) is 0 Å². The number of nitrogens with two attached hydrogens (primary N) is 1. The number of aryl methyl sites for hydroxylation is 1. The van der Waals surface area contributed by atoms with Crippen molar-refractivity contribution in [1.29, 1.82) is 0 Å². The fraction of sp³-hybridized carbons (Fsp3) is 0.364. The van der Waals surface area contributed by atoms with Crippen LogP contribution in [0.4, 0.5) is 24.7 Å². The van der Waals surface area contributed by atoms with Crippen molar-refractivity contribution in [3.05, 3.63) is 52.6 Å². The van der Waals surface area contributed by atoms with E-state index in [1.165, 1.54) is 12.1 Å². The summed E-state index contributed by atoms with van der Waals surface area (Å²) >= 11 is 0. The van der Waals surface area contributed by atoms with Crippen molar-refractivity contribution in [3.63, 3.8) is 0 Å². The number of nitrogens with one attached hydrogen (secondary N) is 1. The first-order chi connectivity index (χ1) is 14.9. The molecule has 6 nitrogen and oxygen atoms in total. The highest BCUT2D eigenvalue weighted by molar-refractivity contribution is 5.97. The summed E-state index contributed by atoms with van der Waals surface area (Å²) in [4.78, 5) is 11.3. The lowest BCUT2D eigenvalue weighted by molar-refractivity contribution is 0.146. The van der Waals surface area contributed by atoms with Crippen LogP contribution in [0, 0.1) is 12.7 Å². The van der Waals surface area contributed by atoms with Gasteiger partial charge in [-0.3, -0.25) is 0 Å². The first kappa shape index (κ1) is 19.9. The van der Waals surface area contributed by atoms with Crippen LogP contribution in [0.2, 0.25) is 0 Å². The number of alkyl halides is 2. The quantitative estimate of drug-likeness (QED) is 0.644. The van der Waals surface area contributed by atoms with Gasteiger partial charge in [0, 0.05) is 48.6 Å². The molecule has 0 spiro atoms. The van der Waals surface area contributed by atoms with E-state index in [4.69, 9.17) is 10.5 Å². The Morgan fingerprint density at radius 3 is 2.84 bits per heavy atom. The molecule has 2 aliphatic heterocycles. The van der Waals surface area contributed by atoms with Crippen LogP contribution in [0.25, 0.3) is 10.9 Å². The van der Waals surface area contributed by atoms with Crippen LogP contribution in [-0.4, -0.2) is 35.7 Å². The minimum absolute atomic E-state index is 0.0233. The third kappa shape index (κ3) is 3.42. The number of hydrogen-bond acceptors (Lipinski definition) is 6. The molecule has 1 fully saturated rings. The minimum Gasteiger partial charge on any atom is -0.491 e. The fourth-order valence-electron chi connectivity index (χ4n) is 4.22. The maximum Gasteiger partial charge on any atom is 0.266 e. The summed E-state index contributed by atoms with van der Waals surface area (Å²) in [6.07, 6.45) is -2.13. The van der Waals surface area contributed by atoms with Gasteiger partial charge in [-0.1, -0.05) is 18.2 Å². The number of anilines is 2. The Kier molecular flexibility index (Phi) is 4.85. The van der Waals surface area contributed by atoms with Crippen LogP contribution in [0.1, 0.15) is 28.9 Å². The highest BCUT2D eigenvalue weighted by atomic mass is 19.3. The predicted octanol–water partition coefficient (Wildman–Crippen LogP) is 3.71. The molecule has 0 amide bonds. The molecule has 0 saturated carbocycles. The van der Waals surface area contributed by atoms with Crippen LogP contribution in [-0.2, 0) is 13.0 Å². The van der Waals surface area contributed by atoms with Gasteiger partial charge >= 0.3 is 0 Å². The molecule has 3 aromatic rings. The lowest BCUT2D eigenvalue weighted by Gasteiger charge is -2.39. The van der Waals surface area contributed by atoms with Crippen molar-refractivity contribution in [2.45, 2.75) is 32.4 Å². The third-order valence-electron chi connectivity index (χ3n) is 5.77. The molecule has 0 unspecified atom stereocenters. The Morgan fingerprint density at radius 1 is 1.29 bits per heavy atom. The van der Waals surface area contributed by atoms with Crippen LogP contribution in [0.5, 0.6) is 5.75 Å². The van der Waals surface area contributed by atoms with Gasteiger partial charge in [0.25, 0.3) is 6.43 Å². The van der Waals surface area contributed by atoms with Crippen LogP contribution >= 0.6 is 0 Å². The zero-order valence-electron chi connectivity index (χ0n) is 17.0. The molecule has 2 aromatic carbocycles. The van der Waals surface area contributed by atoms with E-state index in [9.17, 15) is 13.2 Å². The number of nitrogens with zero attached hydrogens (tertiary/aromatic N) is 3. The lowest BCUT2D eigenvalue weighted by Crippen LogP contribution is -2.55. The van der Waals surface area contributed by atoms with E-state index in [1.807, 2.05) is 6.07 Å². The maximum absolute atomic E-state index is 14.5. The van der Waals surface area contributed by atoms with E-state index in [1.54, 1.807) is 6.92 Å². The summed E-state index contributed by atoms with van der Waals surface area (Å²) < 4.78 is 46.5. The van der Waals surface area contributed by atoms with Crippen molar-refractivity contribution >= 4 is 22.4 Å². The maximum atomic E-state index is 14.5. The normalized spacial score (nSPS) is 15.9. The monoisotopic (exact) mass is 429 g/mol. The molecule has 0 atom stereocenters. The molecular weight excluding hydrogens is 407 g/mol. The van der Waals surface area contributed by atoms with Gasteiger partial charge in [-0.25, -0.2) is 23.1 Å². The second-order valence-electron chi connectivity index (χ2n) is 7.96. The van der Waals surface area contributed by atoms with Gasteiger partial charge in [0.05, 0.1) is 23.4 Å². The average molecular weight is 429 g/mol. The summed E-state index contributed by atoms with van der Waals surface area (Å²) in [5.41, 5.74) is 8.27. The molecule has 0 aliphatic carbocycles. The molecule has 3 N–H and O–H groups in total. The van der Waals surface area contributed by atoms with Gasteiger partial charge in [0.1, 0.15) is 23.2 Å². The smallest absolute Gasteiger partial charge is 0.266 e. The molecule has 9 heteroatoms. The Morgan fingerprint density at radius 2 is 2.10 bits per heavy atom. The first-order valence-corrected chi connectivity index (χ1v) is 10.2. The minimum atomic E-state index is -2.87. The average Bonchev–Trinajstić information content (AvgIpc) is 3.20. The Balaban J connectivity index is 1.55. The van der Waals surface area contributed by atoms with Gasteiger partial charge in [-0.05, 0) is 13.0 Å². The largest absolute Gasteiger partial charge is 0.491 e. The predicted molar refractivity (Wildman–Crippen MR) is 112 cm³/mol. The van der Waals surface area contributed by atoms with Gasteiger partial charge < -0.3 is 20.7 Å². The van der Waals surface area contributed by atoms with Crippen LogP contribution in [0.3, 0.4) is 0 Å². The molecule has 31 heavy (non-hydrogen) atoms. The molecular formula is C22H22F3N5O. The Labute approximate surface area is 177 Å². The van der Waals surface area contributed by atoms with Crippen molar-refractivity contribution in [3.8, 4) is 5.75 Å². The number of ether oxygens (including phenoxy) is 1. The highest BCUT2D eigenvalue weighted by Crippen LogP contribution is 2.43. The van der Waals surface area contributed by atoms with Gasteiger partial charge in [0.2, 0.25) is 0 Å². The summed E-state index contributed by atoms with van der Waals surface area (Å²) in [6, 6.07) is 6.12. The van der Waals surface area contributed by atoms with Crippen molar-refractivity contribution in [2.75, 3.05) is 29.9 Å². The second-order valence-corrected chi connectivity index (χ2v) is 7.96. The van der Waals surface area contributed by atoms with E-state index in [-0.39, 0.29) is 18.2 Å². The molecule has 0 bridgehead atoms. The first-order valence-electron chi connectivity index (χ1n) is 10.2. The van der Waals surface area contributed by atoms with E-state index in [0.29, 0.717) is 18.2 Å². The van der Waals surface area contributed by atoms with Crippen LogP contribution < -0.4 is 20.7 Å². The second kappa shape index (κ2) is 7.56. The summed E-state index contributed by atoms with van der Waals surface area (Å²) in [5, 5.41) is 3.92. The zero-order chi connectivity index (χ0) is 21.7. The van der Waals surface area contributed by atoms with Crippen molar-refractivity contribution in [2.24, 2.45) is 5.73 Å². The summed E-state index contributed by atoms with van der Waals surface area (Å²) in [7, 11) is 0. The highest BCUT2D eigenvalue weighted by Gasteiger charge is 2.31. The molecule has 1 saturated heterocycles. The molecule has 0 radical (unpaired) electrons. The third-order valence-corrected chi connectivity index (χ3v) is 5.77. The van der Waals surface area contributed by atoms with Gasteiger partial charge in [-0.2, -0.15) is 0 Å². The SMILES string of the molecule is Cc1nc(NCc2cccc(C(F)F)c2F)c2cc(N3CC(N)C3)c3c(c2n1)CCO3. The molecule has 1 aromatic heterocycles. The van der Waals surface area contributed by atoms with E-state index < -0.39 is 17.8 Å². The van der Waals surface area contributed by atoms with Crippen molar-refractivity contribution < 1.29 is 17.9 Å². The summed E-state index contributed by atoms with van der Waals surface area (Å²) in [6.45, 7) is 3.87. The molecule has 2 aliphatic rings. The number of aromatic nitrogens is 2. The Hall–Kier alpha value is -3.07. The summed E-state index contributed by atoms with van der Waals surface area (Å²) in [5.74, 6) is 1.03. The lowest BCUT2D eigenvalue weighted by atomic mass is 10.0. The Bertz CT molecular complexity index is 1160. The number of fused-ring (bicyclic) bond motifs is 3. The topological polar surface area (TPSA) is 76.3 Å². The number of hydrogen-bond donors (Lipinski definition) is 2. The molecule has 3 heterocycles. The van der Waals surface area contributed by atoms with E-state index >= 15 is 0 Å². The molecule has 162 valence electrons. The van der Waals surface area contributed by atoms with Crippen LogP contribution in [0.15, 0.2) is 24.3 Å². The van der Waals surface area contributed by atoms with Gasteiger partial charge in [-0.15, -0.1) is 0 Å². The van der Waals surface area contributed by atoms with E-state index in [2.05, 4.69) is 20.2 Å².